The van der Waals surface area contributed by atoms with Gasteiger partial charge < -0.3 is 0 Å². The van der Waals surface area contributed by atoms with Gasteiger partial charge in [0.15, 0.2) is 0 Å². The van der Waals surface area contributed by atoms with Gasteiger partial charge in [-0.05, 0) is 101 Å². The molecule has 0 fully saturated rings. The van der Waals surface area contributed by atoms with Crippen molar-refractivity contribution in [1.29, 1.82) is 0 Å². The van der Waals surface area contributed by atoms with Gasteiger partial charge >= 0.3 is 0 Å². The van der Waals surface area contributed by atoms with E-state index in [1.807, 2.05) is 11.3 Å². The van der Waals surface area contributed by atoms with Crippen molar-refractivity contribution < 1.29 is 0 Å². The molecule has 58 heavy (non-hydrogen) atoms. The van der Waals surface area contributed by atoms with Gasteiger partial charge in [-0.15, -0.1) is 11.3 Å². The average molecular weight is 757 g/mol. The number of fused-ring (bicyclic) bond motifs is 6. The Labute approximate surface area is 344 Å². The summed E-state index contributed by atoms with van der Waals surface area (Å²) in [4.78, 5) is 1.37. The van der Waals surface area contributed by atoms with Crippen LogP contribution in [-0.4, -0.2) is 0 Å². The summed E-state index contributed by atoms with van der Waals surface area (Å²) in [5, 5.41) is 3.95. The zero-order chi connectivity index (χ0) is 38.5. The van der Waals surface area contributed by atoms with E-state index in [9.17, 15) is 0 Å². The minimum Gasteiger partial charge on any atom is -0.135 e. The fourth-order valence-electron chi connectivity index (χ4n) is 9.72. The first-order chi connectivity index (χ1) is 28.8. The van der Waals surface area contributed by atoms with E-state index in [1.54, 1.807) is 0 Å². The smallest absolute Gasteiger partial charge is 0.0728 e. The van der Waals surface area contributed by atoms with Crippen molar-refractivity contribution in [3.63, 3.8) is 0 Å². The molecule has 10 aromatic rings. The van der Waals surface area contributed by atoms with E-state index in [1.165, 1.54) is 92.5 Å². The van der Waals surface area contributed by atoms with Crippen molar-refractivity contribution in [2.45, 2.75) is 17.8 Å². The number of hydrogen-bond acceptors (Lipinski definition) is 1. The molecule has 1 unspecified atom stereocenters. The Balaban J connectivity index is 1.07. The molecule has 9 aromatic carbocycles. The highest BCUT2D eigenvalue weighted by molar-refractivity contribution is 7.22. The summed E-state index contributed by atoms with van der Waals surface area (Å²) in [6.07, 6.45) is 0.904. The van der Waals surface area contributed by atoms with Crippen molar-refractivity contribution in [3.05, 3.63) is 263 Å². The van der Waals surface area contributed by atoms with Crippen LogP contribution in [-0.2, 0) is 11.8 Å². The van der Waals surface area contributed by atoms with Crippen LogP contribution in [0.1, 0.15) is 44.9 Å². The minimum atomic E-state index is -0.428. The summed E-state index contributed by atoms with van der Waals surface area (Å²) in [7, 11) is 0. The normalized spacial score (nSPS) is 13.3. The zero-order valence-electron chi connectivity index (χ0n) is 32.1. The number of rotatable bonds is 8. The van der Waals surface area contributed by atoms with Crippen LogP contribution in [0.3, 0.4) is 0 Å². The summed E-state index contributed by atoms with van der Waals surface area (Å²) in [6, 6.07) is 83.4. The predicted octanol–water partition coefficient (Wildman–Crippen LogP) is 15.1. The summed E-state index contributed by atoms with van der Waals surface area (Å²) in [5.74, 6) is 0.169. The summed E-state index contributed by atoms with van der Waals surface area (Å²) in [5.41, 5.74) is 15.2. The average Bonchev–Trinajstić information content (AvgIpc) is 3.83. The highest BCUT2D eigenvalue weighted by atomic mass is 32.1. The third kappa shape index (κ3) is 5.65. The van der Waals surface area contributed by atoms with E-state index >= 15 is 0 Å². The van der Waals surface area contributed by atoms with Crippen molar-refractivity contribution in [2.24, 2.45) is 0 Å². The molecule has 0 N–H and O–H groups in total. The Bertz CT molecular complexity index is 3020. The second kappa shape index (κ2) is 14.3. The molecule has 0 saturated heterocycles. The molecule has 0 bridgehead atoms. The molecule has 1 heterocycles. The third-order valence-corrected chi connectivity index (χ3v) is 13.6. The molecule has 0 radical (unpaired) electrons. The van der Waals surface area contributed by atoms with Crippen LogP contribution >= 0.6 is 11.3 Å². The van der Waals surface area contributed by atoms with Crippen molar-refractivity contribution in [2.75, 3.05) is 0 Å². The first-order valence-electron chi connectivity index (χ1n) is 20.3. The monoisotopic (exact) mass is 756 g/mol. The van der Waals surface area contributed by atoms with Gasteiger partial charge in [-0.25, -0.2) is 0 Å². The highest BCUT2D eigenvalue weighted by Gasteiger charge is 2.48. The molecule has 274 valence electrons. The Kier molecular flexibility index (Phi) is 8.49. The molecule has 1 aliphatic carbocycles. The lowest BCUT2D eigenvalue weighted by Crippen LogP contribution is -2.28. The van der Waals surface area contributed by atoms with Gasteiger partial charge in [0.05, 0.1) is 5.41 Å². The van der Waals surface area contributed by atoms with Gasteiger partial charge in [0, 0.05) is 15.5 Å². The van der Waals surface area contributed by atoms with Crippen LogP contribution in [0.5, 0.6) is 0 Å². The second-order valence-electron chi connectivity index (χ2n) is 15.6. The Morgan fingerprint density at radius 2 is 0.983 bits per heavy atom. The van der Waals surface area contributed by atoms with Gasteiger partial charge in [0.1, 0.15) is 0 Å². The quantitative estimate of drug-likeness (QED) is 0.145. The lowest BCUT2D eigenvalue weighted by atomic mass is 9.67. The van der Waals surface area contributed by atoms with E-state index in [0.717, 1.165) is 6.42 Å². The largest absolute Gasteiger partial charge is 0.135 e. The predicted molar refractivity (Wildman–Crippen MR) is 246 cm³/mol. The van der Waals surface area contributed by atoms with Crippen LogP contribution in [0, 0.1) is 0 Å². The number of thiophene rings is 1. The molecule has 11 rings (SSSR count). The van der Waals surface area contributed by atoms with Gasteiger partial charge in [-0.1, -0.05) is 212 Å². The maximum absolute atomic E-state index is 2.48. The molecule has 0 saturated carbocycles. The van der Waals surface area contributed by atoms with Crippen LogP contribution in [0.25, 0.3) is 53.6 Å². The van der Waals surface area contributed by atoms with Gasteiger partial charge in [0.25, 0.3) is 0 Å². The lowest BCUT2D eigenvalue weighted by molar-refractivity contribution is 0.777. The molecule has 1 heteroatoms. The van der Waals surface area contributed by atoms with Gasteiger partial charge in [-0.2, -0.15) is 0 Å². The van der Waals surface area contributed by atoms with E-state index in [0.29, 0.717) is 0 Å². The maximum atomic E-state index is 2.48. The van der Waals surface area contributed by atoms with Crippen molar-refractivity contribution in [3.8, 4) is 32.7 Å². The highest BCUT2D eigenvalue weighted by Crippen LogP contribution is 2.61. The molecule has 1 aliphatic rings. The summed E-state index contributed by atoms with van der Waals surface area (Å²) >= 11 is 1.93. The number of benzene rings is 9. The Morgan fingerprint density at radius 1 is 0.414 bits per heavy atom. The van der Waals surface area contributed by atoms with E-state index in [4.69, 9.17) is 0 Å². The number of hydrogen-bond donors (Lipinski definition) is 0. The van der Waals surface area contributed by atoms with Crippen LogP contribution in [0.4, 0.5) is 0 Å². The second-order valence-corrected chi connectivity index (χ2v) is 16.6. The van der Waals surface area contributed by atoms with Crippen molar-refractivity contribution >= 4 is 32.2 Å². The minimum absolute atomic E-state index is 0.169. The molecule has 0 nitrogen and oxygen atoms in total. The van der Waals surface area contributed by atoms with E-state index < -0.39 is 5.41 Å². The molecule has 0 amide bonds. The van der Waals surface area contributed by atoms with Crippen LogP contribution in [0.2, 0.25) is 0 Å². The molecular formula is C57H40S. The zero-order valence-corrected chi connectivity index (χ0v) is 32.9. The fraction of sp³-hybridized carbons (Fsp3) is 0.0526. The van der Waals surface area contributed by atoms with Crippen LogP contribution in [0.15, 0.2) is 224 Å². The SMILES string of the molecule is c1ccc(-c2ccc(C(Cc3cccc4ccccc34)c3cccc(-c4ccc5c(c4)-c4sc6ccccc6c4C5(c4ccccc4)c4ccccc4)c3)cc2)cc1. The van der Waals surface area contributed by atoms with Crippen molar-refractivity contribution in [1.82, 2.24) is 0 Å². The Hall–Kier alpha value is -6.80. The Morgan fingerprint density at radius 3 is 1.74 bits per heavy atom. The van der Waals surface area contributed by atoms with Crippen LogP contribution < -0.4 is 0 Å². The maximum Gasteiger partial charge on any atom is 0.0728 e. The molecule has 0 aliphatic heterocycles. The summed E-state index contributed by atoms with van der Waals surface area (Å²) < 4.78 is 1.33. The summed E-state index contributed by atoms with van der Waals surface area (Å²) in [6.45, 7) is 0. The van der Waals surface area contributed by atoms with E-state index in [-0.39, 0.29) is 5.92 Å². The molecule has 1 atom stereocenters. The fourth-order valence-corrected chi connectivity index (χ4v) is 11.0. The molecular weight excluding hydrogens is 717 g/mol. The van der Waals surface area contributed by atoms with Gasteiger partial charge in [-0.3, -0.25) is 0 Å². The van der Waals surface area contributed by atoms with E-state index in [2.05, 4.69) is 224 Å². The standard InChI is InChI=1S/C57H40S/c1-4-16-39(17-5-1)40-30-32-42(33-31-40)51(38-46-22-14-19-41-18-10-11-27-49(41)46)45-21-15-20-43(36-45)44-34-35-53-52(37-44)56-55(50-28-12-13-29-54(50)58-56)57(53,47-23-6-2-7-24-47)48-25-8-3-9-26-48/h1-37,51H,38H2. The molecule has 1 aromatic heterocycles. The lowest BCUT2D eigenvalue weighted by Gasteiger charge is -2.34. The molecule has 0 spiro atoms. The third-order valence-electron chi connectivity index (χ3n) is 12.4. The first-order valence-corrected chi connectivity index (χ1v) is 21.1. The van der Waals surface area contributed by atoms with Gasteiger partial charge in [0.2, 0.25) is 0 Å². The topological polar surface area (TPSA) is 0 Å². The first kappa shape index (κ1) is 34.4.